The van der Waals surface area contributed by atoms with E-state index in [0.717, 1.165) is 15.6 Å². The van der Waals surface area contributed by atoms with Crippen molar-refractivity contribution in [2.24, 2.45) is 17.1 Å². The SMILES string of the molecule is CC(C)CC(NC(=O)[C@@H](NC(=O)OCc1ccccc1)C(C)(C)C)C(=O)N(C)N(C#N)CCC(N)=O. The summed E-state index contributed by atoms with van der Waals surface area (Å²) in [6, 6.07) is 7.15. The highest BCUT2D eigenvalue weighted by molar-refractivity contribution is 5.91. The van der Waals surface area contributed by atoms with Gasteiger partial charge >= 0.3 is 6.09 Å². The number of rotatable bonds is 12. The third-order valence-corrected chi connectivity index (χ3v) is 5.29. The second-order valence-corrected chi connectivity index (χ2v) is 10.00. The van der Waals surface area contributed by atoms with Crippen molar-refractivity contribution in [3.05, 3.63) is 35.9 Å². The molecule has 0 aliphatic carbocycles. The van der Waals surface area contributed by atoms with Crippen molar-refractivity contribution in [2.75, 3.05) is 13.6 Å². The predicted octanol–water partition coefficient (Wildman–Crippen LogP) is 1.89. The summed E-state index contributed by atoms with van der Waals surface area (Å²) in [7, 11) is 1.38. The molecule has 4 amide bonds. The van der Waals surface area contributed by atoms with Gasteiger partial charge in [-0.2, -0.15) is 5.26 Å². The molecule has 1 aromatic rings. The summed E-state index contributed by atoms with van der Waals surface area (Å²) in [4.78, 5) is 50.1. The Morgan fingerprint density at radius 1 is 1.11 bits per heavy atom. The van der Waals surface area contributed by atoms with Crippen molar-refractivity contribution in [3.8, 4) is 6.19 Å². The molecule has 198 valence electrons. The van der Waals surface area contributed by atoms with E-state index in [0.29, 0.717) is 6.42 Å². The van der Waals surface area contributed by atoms with Gasteiger partial charge in [0.15, 0.2) is 6.19 Å². The normalized spacial score (nSPS) is 12.6. The second-order valence-electron chi connectivity index (χ2n) is 10.00. The van der Waals surface area contributed by atoms with Gasteiger partial charge < -0.3 is 21.1 Å². The lowest BCUT2D eigenvalue weighted by Crippen LogP contribution is -2.59. The Kier molecular flexibility index (Phi) is 11.7. The zero-order valence-corrected chi connectivity index (χ0v) is 21.9. The topological polar surface area (TPSA) is 158 Å². The van der Waals surface area contributed by atoms with Crippen LogP contribution in [0.2, 0.25) is 0 Å². The number of ether oxygens (including phenoxy) is 1. The van der Waals surface area contributed by atoms with Crippen molar-refractivity contribution < 1.29 is 23.9 Å². The lowest BCUT2D eigenvalue weighted by molar-refractivity contribution is -0.146. The molecule has 36 heavy (non-hydrogen) atoms. The van der Waals surface area contributed by atoms with Crippen LogP contribution in [-0.4, -0.2) is 59.5 Å². The van der Waals surface area contributed by atoms with Crippen molar-refractivity contribution in [1.29, 1.82) is 5.26 Å². The first-order valence-corrected chi connectivity index (χ1v) is 11.8. The number of carbonyl (C=O) groups is 4. The van der Waals surface area contributed by atoms with Gasteiger partial charge in [-0.25, -0.2) is 14.8 Å². The Balaban J connectivity index is 2.97. The monoisotopic (exact) mass is 502 g/mol. The van der Waals surface area contributed by atoms with E-state index in [4.69, 9.17) is 10.5 Å². The van der Waals surface area contributed by atoms with E-state index in [9.17, 15) is 24.4 Å². The number of likely N-dealkylation sites (N-methyl/N-ethyl adjacent to an activating group) is 1. The Morgan fingerprint density at radius 2 is 1.72 bits per heavy atom. The molecule has 4 N–H and O–H groups in total. The van der Waals surface area contributed by atoms with E-state index in [-0.39, 0.29) is 25.5 Å². The number of alkyl carbamates (subject to hydrolysis) is 1. The van der Waals surface area contributed by atoms with E-state index in [1.54, 1.807) is 20.8 Å². The lowest BCUT2D eigenvalue weighted by Gasteiger charge is -2.34. The average molecular weight is 503 g/mol. The zero-order chi connectivity index (χ0) is 27.5. The van der Waals surface area contributed by atoms with Crippen LogP contribution in [0.5, 0.6) is 0 Å². The summed E-state index contributed by atoms with van der Waals surface area (Å²) in [6.07, 6.45) is 1.25. The maximum Gasteiger partial charge on any atom is 0.408 e. The molecule has 1 unspecified atom stereocenters. The number of carbonyl (C=O) groups excluding carboxylic acids is 4. The first-order valence-electron chi connectivity index (χ1n) is 11.8. The highest BCUT2D eigenvalue weighted by Crippen LogP contribution is 2.21. The first kappa shape index (κ1) is 30.2. The highest BCUT2D eigenvalue weighted by Gasteiger charge is 2.36. The molecular formula is C25H38N6O5. The molecule has 2 atom stereocenters. The van der Waals surface area contributed by atoms with Crippen LogP contribution in [0.3, 0.4) is 0 Å². The van der Waals surface area contributed by atoms with Crippen molar-refractivity contribution in [2.45, 2.75) is 66.2 Å². The summed E-state index contributed by atoms with van der Waals surface area (Å²) in [5.74, 6) is -1.68. The van der Waals surface area contributed by atoms with E-state index in [1.807, 2.05) is 50.4 Å². The Hall–Kier alpha value is -3.81. The minimum absolute atomic E-state index is 0.0330. The fourth-order valence-electron chi connectivity index (χ4n) is 3.33. The molecule has 0 fully saturated rings. The highest BCUT2D eigenvalue weighted by atomic mass is 16.5. The lowest BCUT2D eigenvalue weighted by atomic mass is 9.86. The predicted molar refractivity (Wildman–Crippen MR) is 133 cm³/mol. The maximum absolute atomic E-state index is 13.3. The van der Waals surface area contributed by atoms with Gasteiger partial charge in [0.1, 0.15) is 18.7 Å². The van der Waals surface area contributed by atoms with Gasteiger partial charge in [0, 0.05) is 13.5 Å². The standard InChI is InChI=1S/C25H38N6O5/c1-17(2)14-19(23(34)30(6)31(16-26)13-12-20(27)32)28-22(33)21(25(3,4)5)29-24(35)36-15-18-10-8-7-9-11-18/h7-11,17,19,21H,12-15H2,1-6H3,(H2,27,32)(H,28,33)(H,29,35)/t19?,21-/m1/s1. The van der Waals surface area contributed by atoms with Gasteiger partial charge in [0.05, 0.1) is 6.54 Å². The quantitative estimate of drug-likeness (QED) is 0.224. The van der Waals surface area contributed by atoms with Crippen molar-refractivity contribution >= 4 is 23.8 Å². The molecule has 0 bridgehead atoms. The van der Waals surface area contributed by atoms with Gasteiger partial charge in [0.2, 0.25) is 11.8 Å². The minimum Gasteiger partial charge on any atom is -0.445 e. The number of hydrogen-bond donors (Lipinski definition) is 3. The largest absolute Gasteiger partial charge is 0.445 e. The molecule has 11 heteroatoms. The molecule has 0 saturated carbocycles. The Labute approximate surface area is 212 Å². The second kappa shape index (κ2) is 13.9. The van der Waals surface area contributed by atoms with Gasteiger partial charge in [-0.05, 0) is 23.3 Å². The summed E-state index contributed by atoms with van der Waals surface area (Å²) in [5, 5.41) is 16.8. The van der Waals surface area contributed by atoms with E-state index in [1.165, 1.54) is 7.05 Å². The molecule has 0 aromatic heterocycles. The third kappa shape index (κ3) is 10.2. The third-order valence-electron chi connectivity index (χ3n) is 5.29. The molecule has 0 heterocycles. The number of hydrogen-bond acceptors (Lipinski definition) is 7. The summed E-state index contributed by atoms with van der Waals surface area (Å²) in [6.45, 7) is 9.09. The summed E-state index contributed by atoms with van der Waals surface area (Å²) < 4.78 is 5.27. The number of primary amides is 1. The van der Waals surface area contributed by atoms with Crippen molar-refractivity contribution in [3.63, 3.8) is 0 Å². The Bertz CT molecular complexity index is 938. The number of nitrogens with zero attached hydrogens (tertiary/aromatic N) is 3. The molecule has 1 rings (SSSR count). The van der Waals surface area contributed by atoms with Crippen molar-refractivity contribution in [1.82, 2.24) is 20.7 Å². The maximum atomic E-state index is 13.3. The summed E-state index contributed by atoms with van der Waals surface area (Å²) >= 11 is 0. The van der Waals surface area contributed by atoms with E-state index < -0.39 is 41.3 Å². The van der Waals surface area contributed by atoms with Gasteiger partial charge in [-0.15, -0.1) is 0 Å². The molecule has 0 saturated heterocycles. The van der Waals surface area contributed by atoms with Gasteiger partial charge in [0.25, 0.3) is 5.91 Å². The molecule has 0 aliphatic heterocycles. The number of amides is 4. The van der Waals surface area contributed by atoms with Crippen LogP contribution >= 0.6 is 0 Å². The number of hydrazine groups is 1. The molecule has 11 nitrogen and oxygen atoms in total. The molecule has 0 aliphatic rings. The smallest absolute Gasteiger partial charge is 0.408 e. The van der Waals surface area contributed by atoms with Crippen LogP contribution in [-0.2, 0) is 25.7 Å². The van der Waals surface area contributed by atoms with E-state index >= 15 is 0 Å². The zero-order valence-electron chi connectivity index (χ0n) is 21.9. The van der Waals surface area contributed by atoms with Crippen LogP contribution in [0.15, 0.2) is 30.3 Å². The number of nitrogens with two attached hydrogens (primary N) is 1. The fraction of sp³-hybridized carbons (Fsp3) is 0.560. The minimum atomic E-state index is -1.00. The average Bonchev–Trinajstić information content (AvgIpc) is 2.79. The van der Waals surface area contributed by atoms with Crippen LogP contribution in [0.25, 0.3) is 0 Å². The van der Waals surface area contributed by atoms with Crippen LogP contribution < -0.4 is 16.4 Å². The molecule has 0 spiro atoms. The first-order chi connectivity index (χ1) is 16.8. The molecule has 1 aromatic carbocycles. The van der Waals surface area contributed by atoms with Gasteiger partial charge in [-0.1, -0.05) is 65.0 Å². The molecular weight excluding hydrogens is 464 g/mol. The number of nitriles is 1. The number of nitrogens with one attached hydrogen (secondary N) is 2. The summed E-state index contributed by atoms with van der Waals surface area (Å²) in [5.41, 5.74) is 5.25. The van der Waals surface area contributed by atoms with Gasteiger partial charge in [-0.3, -0.25) is 14.4 Å². The molecule has 0 radical (unpaired) electrons. The Morgan fingerprint density at radius 3 is 2.22 bits per heavy atom. The fourth-order valence-corrected chi connectivity index (χ4v) is 3.33. The van der Waals surface area contributed by atoms with E-state index in [2.05, 4.69) is 10.6 Å². The van der Waals surface area contributed by atoms with Crippen LogP contribution in [0, 0.1) is 22.8 Å². The van der Waals surface area contributed by atoms with Crippen LogP contribution in [0.4, 0.5) is 4.79 Å². The number of benzene rings is 1. The van der Waals surface area contributed by atoms with Crippen LogP contribution in [0.1, 0.15) is 53.0 Å².